The maximum Gasteiger partial charge on any atom is 0.319 e. The van der Waals surface area contributed by atoms with E-state index in [-0.39, 0.29) is 37.0 Å². The number of nitro benzene ring substituents is 1. The molecule has 8 heteroatoms. The first kappa shape index (κ1) is 28.5. The van der Waals surface area contributed by atoms with Crippen molar-refractivity contribution in [3.8, 4) is 16.9 Å². The van der Waals surface area contributed by atoms with Crippen LogP contribution in [0.2, 0.25) is 0 Å². The molecule has 0 aromatic heterocycles. The third-order valence-electron chi connectivity index (χ3n) is 6.58. The van der Waals surface area contributed by atoms with Gasteiger partial charge in [0.15, 0.2) is 0 Å². The Bertz CT molecular complexity index is 1390. The standard InChI is InChI=1S/C32H33N3O5/c1-23(33-22-31(36)40-21-20-24-12-16-27(17-13-24)35(37)38)34-32(26-8-4-3-5-9-26)30-11-7-6-10-29(30)25-14-18-28(39-2)19-15-25/h3-19,23,32-34H,20-22H2,1-2H3. The second kappa shape index (κ2) is 14.0. The van der Waals surface area contributed by atoms with E-state index in [0.29, 0.717) is 6.42 Å². The monoisotopic (exact) mass is 539 g/mol. The van der Waals surface area contributed by atoms with Gasteiger partial charge in [0.25, 0.3) is 5.69 Å². The van der Waals surface area contributed by atoms with Crippen molar-refractivity contribution in [1.29, 1.82) is 0 Å². The van der Waals surface area contributed by atoms with Gasteiger partial charge < -0.3 is 9.47 Å². The number of non-ortho nitro benzene ring substituents is 1. The highest BCUT2D eigenvalue weighted by Gasteiger charge is 2.20. The maximum atomic E-state index is 12.4. The molecular formula is C32H33N3O5. The molecule has 0 aliphatic heterocycles. The molecule has 4 aromatic carbocycles. The van der Waals surface area contributed by atoms with Gasteiger partial charge in [-0.3, -0.25) is 25.5 Å². The number of rotatable bonds is 13. The number of esters is 1. The fourth-order valence-electron chi connectivity index (χ4n) is 4.46. The van der Waals surface area contributed by atoms with Crippen molar-refractivity contribution in [3.63, 3.8) is 0 Å². The highest BCUT2D eigenvalue weighted by molar-refractivity contribution is 5.71. The van der Waals surface area contributed by atoms with Crippen LogP contribution in [0, 0.1) is 10.1 Å². The van der Waals surface area contributed by atoms with Crippen LogP contribution >= 0.6 is 0 Å². The molecule has 0 radical (unpaired) electrons. The van der Waals surface area contributed by atoms with Crippen LogP contribution in [0.1, 0.15) is 29.7 Å². The molecule has 0 saturated heterocycles. The number of nitrogens with zero attached hydrogens (tertiary/aromatic N) is 1. The molecule has 8 nitrogen and oxygen atoms in total. The zero-order chi connectivity index (χ0) is 28.3. The Morgan fingerprint density at radius 1 is 0.900 bits per heavy atom. The predicted octanol–water partition coefficient (Wildman–Crippen LogP) is 5.67. The number of benzene rings is 4. The SMILES string of the molecule is COc1ccc(-c2ccccc2C(NC(C)NCC(=O)OCCc2ccc([N+](=O)[O-])cc2)c2ccccc2)cc1. The molecule has 4 rings (SSSR count). The lowest BCUT2D eigenvalue weighted by Crippen LogP contribution is -2.44. The van der Waals surface area contributed by atoms with Gasteiger partial charge in [-0.15, -0.1) is 0 Å². The van der Waals surface area contributed by atoms with Gasteiger partial charge in [-0.1, -0.05) is 78.9 Å². The van der Waals surface area contributed by atoms with Crippen LogP contribution in [0.25, 0.3) is 11.1 Å². The van der Waals surface area contributed by atoms with Gasteiger partial charge in [-0.25, -0.2) is 0 Å². The van der Waals surface area contributed by atoms with E-state index in [2.05, 4.69) is 34.9 Å². The Hall–Kier alpha value is -4.53. The summed E-state index contributed by atoms with van der Waals surface area (Å²) >= 11 is 0. The molecule has 0 amide bonds. The molecule has 2 N–H and O–H groups in total. The molecule has 0 saturated carbocycles. The second-order valence-electron chi connectivity index (χ2n) is 9.32. The summed E-state index contributed by atoms with van der Waals surface area (Å²) in [5, 5.41) is 17.6. The van der Waals surface area contributed by atoms with Crippen molar-refractivity contribution >= 4 is 11.7 Å². The molecule has 40 heavy (non-hydrogen) atoms. The lowest BCUT2D eigenvalue weighted by molar-refractivity contribution is -0.384. The molecule has 0 fully saturated rings. The Kier molecular flexibility index (Phi) is 9.99. The zero-order valence-corrected chi connectivity index (χ0v) is 22.6. The van der Waals surface area contributed by atoms with E-state index in [0.717, 1.165) is 33.6 Å². The van der Waals surface area contributed by atoms with Gasteiger partial charge in [0, 0.05) is 18.6 Å². The largest absolute Gasteiger partial charge is 0.497 e. The number of nitro groups is 1. The normalized spacial score (nSPS) is 12.3. The van der Waals surface area contributed by atoms with Crippen molar-refractivity contribution in [2.75, 3.05) is 20.3 Å². The van der Waals surface area contributed by atoms with E-state index in [1.165, 1.54) is 12.1 Å². The zero-order valence-electron chi connectivity index (χ0n) is 22.6. The fourth-order valence-corrected chi connectivity index (χ4v) is 4.46. The van der Waals surface area contributed by atoms with Gasteiger partial charge in [-0.2, -0.15) is 0 Å². The Morgan fingerprint density at radius 3 is 2.25 bits per heavy atom. The van der Waals surface area contributed by atoms with E-state index in [4.69, 9.17) is 9.47 Å². The van der Waals surface area contributed by atoms with Crippen molar-refractivity contribution in [3.05, 3.63) is 130 Å². The van der Waals surface area contributed by atoms with Crippen LogP contribution in [-0.2, 0) is 16.0 Å². The molecule has 2 unspecified atom stereocenters. The Balaban J connectivity index is 1.39. The average molecular weight is 540 g/mol. The summed E-state index contributed by atoms with van der Waals surface area (Å²) in [6, 6.07) is 32.6. The van der Waals surface area contributed by atoms with Crippen LogP contribution in [0.5, 0.6) is 5.75 Å². The summed E-state index contributed by atoms with van der Waals surface area (Å²) < 4.78 is 10.7. The molecule has 4 aromatic rings. The van der Waals surface area contributed by atoms with E-state index in [1.807, 2.05) is 61.5 Å². The van der Waals surface area contributed by atoms with Crippen molar-refractivity contribution < 1.29 is 19.2 Å². The minimum absolute atomic E-state index is 0.0341. The molecule has 0 aliphatic carbocycles. The minimum Gasteiger partial charge on any atom is -0.497 e. The Labute approximate surface area is 234 Å². The first-order valence-electron chi connectivity index (χ1n) is 13.1. The van der Waals surface area contributed by atoms with E-state index >= 15 is 0 Å². The van der Waals surface area contributed by atoms with Gasteiger partial charge in [0.1, 0.15) is 5.75 Å². The van der Waals surface area contributed by atoms with Gasteiger partial charge in [-0.05, 0) is 46.9 Å². The number of carbonyl (C=O) groups is 1. The summed E-state index contributed by atoms with van der Waals surface area (Å²) in [7, 11) is 1.65. The van der Waals surface area contributed by atoms with E-state index < -0.39 is 4.92 Å². The van der Waals surface area contributed by atoms with E-state index in [9.17, 15) is 14.9 Å². The van der Waals surface area contributed by atoms with Crippen molar-refractivity contribution in [2.45, 2.75) is 25.6 Å². The molecule has 0 spiro atoms. The van der Waals surface area contributed by atoms with Gasteiger partial charge in [0.2, 0.25) is 0 Å². The van der Waals surface area contributed by atoms with Crippen LogP contribution < -0.4 is 15.4 Å². The first-order valence-corrected chi connectivity index (χ1v) is 13.1. The summed E-state index contributed by atoms with van der Waals surface area (Å²) in [5.41, 5.74) is 5.29. The van der Waals surface area contributed by atoms with Gasteiger partial charge in [0.05, 0.1) is 37.4 Å². The number of methoxy groups -OCH3 is 1. The number of hydrogen-bond donors (Lipinski definition) is 2. The van der Waals surface area contributed by atoms with E-state index in [1.54, 1.807) is 19.2 Å². The van der Waals surface area contributed by atoms with Crippen LogP contribution in [-0.4, -0.2) is 37.3 Å². The fraction of sp³-hybridized carbons (Fsp3) is 0.219. The number of hydrogen-bond acceptors (Lipinski definition) is 7. The number of carbonyl (C=O) groups excluding carboxylic acids is 1. The summed E-state index contributed by atoms with van der Waals surface area (Å²) in [5.74, 6) is 0.432. The third kappa shape index (κ3) is 7.75. The minimum atomic E-state index is -0.440. The predicted molar refractivity (Wildman–Crippen MR) is 155 cm³/mol. The molecule has 0 bridgehead atoms. The van der Waals surface area contributed by atoms with Crippen LogP contribution in [0.4, 0.5) is 5.69 Å². The first-order chi connectivity index (χ1) is 19.4. The topological polar surface area (TPSA) is 103 Å². The summed E-state index contributed by atoms with van der Waals surface area (Å²) in [6.45, 7) is 2.20. The average Bonchev–Trinajstić information content (AvgIpc) is 2.99. The number of ether oxygens (including phenoxy) is 2. The molecule has 2 atom stereocenters. The lowest BCUT2D eigenvalue weighted by atomic mass is 9.90. The summed E-state index contributed by atoms with van der Waals surface area (Å²) in [6.07, 6.45) is 0.270. The van der Waals surface area contributed by atoms with Crippen molar-refractivity contribution in [2.24, 2.45) is 0 Å². The molecule has 206 valence electrons. The molecule has 0 aliphatic rings. The second-order valence-corrected chi connectivity index (χ2v) is 9.32. The van der Waals surface area contributed by atoms with Gasteiger partial charge >= 0.3 is 5.97 Å². The highest BCUT2D eigenvalue weighted by Crippen LogP contribution is 2.33. The third-order valence-corrected chi connectivity index (χ3v) is 6.58. The molecular weight excluding hydrogens is 506 g/mol. The summed E-state index contributed by atoms with van der Waals surface area (Å²) in [4.78, 5) is 22.7. The lowest BCUT2D eigenvalue weighted by Gasteiger charge is -2.27. The quantitative estimate of drug-likeness (QED) is 0.0977. The van der Waals surface area contributed by atoms with Crippen LogP contribution in [0.15, 0.2) is 103 Å². The highest BCUT2D eigenvalue weighted by atomic mass is 16.6. The number of nitrogens with one attached hydrogen (secondary N) is 2. The Morgan fingerprint density at radius 2 is 1.57 bits per heavy atom. The maximum absolute atomic E-state index is 12.4. The van der Waals surface area contributed by atoms with Crippen LogP contribution in [0.3, 0.4) is 0 Å². The van der Waals surface area contributed by atoms with Crippen molar-refractivity contribution in [1.82, 2.24) is 10.6 Å². The molecule has 0 heterocycles. The smallest absolute Gasteiger partial charge is 0.319 e.